The molecule has 5 rings (SSSR count). The zero-order valence-electron chi connectivity index (χ0n) is 18.3. The summed E-state index contributed by atoms with van der Waals surface area (Å²) in [4.78, 5) is 24.4. The molecule has 2 aromatic rings. The van der Waals surface area contributed by atoms with Crippen LogP contribution in [0.15, 0.2) is 36.0 Å². The molecular formula is C24H28N4O3. The van der Waals surface area contributed by atoms with Gasteiger partial charge in [0.05, 0.1) is 23.7 Å². The van der Waals surface area contributed by atoms with Crippen molar-refractivity contribution in [3.05, 3.63) is 53.1 Å². The molecule has 1 amide bonds. The molecule has 1 unspecified atom stereocenters. The average Bonchev–Trinajstić information content (AvgIpc) is 3.58. The Hall–Kier alpha value is -2.93. The monoisotopic (exact) mass is 420 g/mol. The van der Waals surface area contributed by atoms with Gasteiger partial charge in [0.2, 0.25) is 0 Å². The number of carbonyl (C=O) groups is 1. The van der Waals surface area contributed by atoms with Gasteiger partial charge in [-0.2, -0.15) is 0 Å². The van der Waals surface area contributed by atoms with Gasteiger partial charge in [-0.15, -0.1) is 0 Å². The van der Waals surface area contributed by atoms with Crippen molar-refractivity contribution in [2.75, 3.05) is 18.6 Å². The van der Waals surface area contributed by atoms with E-state index in [0.717, 1.165) is 48.3 Å². The van der Waals surface area contributed by atoms with E-state index < -0.39 is 6.04 Å². The third kappa shape index (κ3) is 3.57. The van der Waals surface area contributed by atoms with Crippen molar-refractivity contribution < 1.29 is 14.3 Å². The summed E-state index contributed by atoms with van der Waals surface area (Å²) in [6.45, 7) is 5.05. The average molecular weight is 421 g/mol. The Bertz CT molecular complexity index is 1060. The molecule has 2 aliphatic heterocycles. The van der Waals surface area contributed by atoms with Crippen LogP contribution in [0.2, 0.25) is 0 Å². The van der Waals surface area contributed by atoms with Crippen LogP contribution < -0.4 is 15.0 Å². The highest BCUT2D eigenvalue weighted by atomic mass is 16.5. The van der Waals surface area contributed by atoms with Gasteiger partial charge in [0.1, 0.15) is 24.0 Å². The van der Waals surface area contributed by atoms with Crippen LogP contribution in [0.5, 0.6) is 5.75 Å². The predicted octanol–water partition coefficient (Wildman–Crippen LogP) is 3.54. The van der Waals surface area contributed by atoms with Crippen LogP contribution in [0.3, 0.4) is 0 Å². The van der Waals surface area contributed by atoms with E-state index in [9.17, 15) is 4.79 Å². The fourth-order valence-corrected chi connectivity index (χ4v) is 4.43. The molecule has 0 radical (unpaired) electrons. The molecule has 0 bridgehead atoms. The summed E-state index contributed by atoms with van der Waals surface area (Å²) in [5, 5.41) is 3.44. The molecule has 3 heterocycles. The number of aromatic nitrogens is 2. The van der Waals surface area contributed by atoms with Crippen molar-refractivity contribution in [3.8, 4) is 5.75 Å². The molecule has 1 N–H and O–H groups in total. The quantitative estimate of drug-likeness (QED) is 0.797. The molecule has 1 fully saturated rings. The van der Waals surface area contributed by atoms with E-state index >= 15 is 0 Å². The molecule has 1 aliphatic carbocycles. The second-order valence-corrected chi connectivity index (χ2v) is 8.69. The molecule has 162 valence electrons. The van der Waals surface area contributed by atoms with Gasteiger partial charge in [0.25, 0.3) is 5.91 Å². The summed E-state index contributed by atoms with van der Waals surface area (Å²) in [5.74, 6) is 1.31. The highest BCUT2D eigenvalue weighted by Gasteiger charge is 2.38. The number of fused-ring (bicyclic) bond motifs is 2. The van der Waals surface area contributed by atoms with Crippen LogP contribution in [-0.4, -0.2) is 35.6 Å². The SMILES string of the molecule is CCCC1(C)OCc2cnc(C(N[C@H]3COc4ccccc4N(C)C3=O)=C3CC3)nc21. The maximum Gasteiger partial charge on any atom is 0.252 e. The Kier molecular flexibility index (Phi) is 4.93. The molecule has 31 heavy (non-hydrogen) atoms. The summed E-state index contributed by atoms with van der Waals surface area (Å²) in [6, 6.07) is 7.09. The second-order valence-electron chi connectivity index (χ2n) is 8.69. The molecule has 1 aromatic heterocycles. The first-order chi connectivity index (χ1) is 15.0. The lowest BCUT2D eigenvalue weighted by atomic mass is 9.95. The van der Waals surface area contributed by atoms with Gasteiger partial charge < -0.3 is 19.7 Å². The minimum absolute atomic E-state index is 0.0379. The van der Waals surface area contributed by atoms with Crippen molar-refractivity contribution in [2.45, 2.75) is 57.8 Å². The van der Waals surface area contributed by atoms with Crippen LogP contribution in [0.1, 0.15) is 56.6 Å². The Balaban J connectivity index is 1.44. The molecule has 7 heteroatoms. The normalized spacial score (nSPS) is 24.2. The fourth-order valence-electron chi connectivity index (χ4n) is 4.43. The summed E-state index contributed by atoms with van der Waals surface area (Å²) >= 11 is 0. The number of likely N-dealkylation sites (N-methyl/N-ethyl adjacent to an activating group) is 1. The number of hydrogen-bond donors (Lipinski definition) is 1. The van der Waals surface area contributed by atoms with Crippen molar-refractivity contribution >= 4 is 17.3 Å². The van der Waals surface area contributed by atoms with E-state index in [2.05, 4.69) is 24.1 Å². The van der Waals surface area contributed by atoms with E-state index in [4.69, 9.17) is 14.5 Å². The Labute approximate surface area is 182 Å². The lowest BCUT2D eigenvalue weighted by molar-refractivity contribution is -0.120. The number of anilines is 1. The number of allylic oxidation sites excluding steroid dienone is 1. The third-order valence-electron chi connectivity index (χ3n) is 6.30. The zero-order chi connectivity index (χ0) is 21.6. The molecule has 1 aromatic carbocycles. The highest BCUT2D eigenvalue weighted by molar-refractivity contribution is 5.99. The maximum atomic E-state index is 13.2. The Morgan fingerprint density at radius 3 is 2.90 bits per heavy atom. The van der Waals surface area contributed by atoms with Crippen LogP contribution in [-0.2, 0) is 21.7 Å². The summed E-state index contributed by atoms with van der Waals surface area (Å²) < 4.78 is 12.0. The number of ether oxygens (including phenoxy) is 2. The standard InChI is InChI=1S/C24H28N4O3/c1-4-11-24(2)21-16(13-31-24)12-25-22(27-21)20(15-9-10-15)26-17-14-30-19-8-6-5-7-18(19)28(3)23(17)29/h5-8,12,17,26H,4,9-11,13-14H2,1-3H3/t17-,24?/m0/s1. The van der Waals surface area contributed by atoms with Crippen molar-refractivity contribution in [1.82, 2.24) is 15.3 Å². The van der Waals surface area contributed by atoms with Crippen LogP contribution in [0, 0.1) is 0 Å². The van der Waals surface area contributed by atoms with E-state index in [0.29, 0.717) is 18.2 Å². The molecular weight excluding hydrogens is 392 g/mol. The first-order valence-corrected chi connectivity index (χ1v) is 11.0. The zero-order valence-corrected chi connectivity index (χ0v) is 18.3. The minimum Gasteiger partial charge on any atom is -0.489 e. The van der Waals surface area contributed by atoms with Gasteiger partial charge in [-0.05, 0) is 43.9 Å². The lowest BCUT2D eigenvalue weighted by Crippen LogP contribution is -2.46. The molecule has 7 nitrogen and oxygen atoms in total. The van der Waals surface area contributed by atoms with Gasteiger partial charge in [-0.3, -0.25) is 4.79 Å². The first-order valence-electron chi connectivity index (χ1n) is 11.0. The smallest absolute Gasteiger partial charge is 0.252 e. The molecule has 0 saturated heterocycles. The number of nitrogens with one attached hydrogen (secondary N) is 1. The number of amides is 1. The summed E-state index contributed by atoms with van der Waals surface area (Å²) in [6.07, 6.45) is 5.78. The second kappa shape index (κ2) is 7.64. The van der Waals surface area contributed by atoms with E-state index in [1.54, 1.807) is 11.9 Å². The lowest BCUT2D eigenvalue weighted by Gasteiger charge is -2.24. The molecule has 3 aliphatic rings. The molecule has 0 spiro atoms. The van der Waals surface area contributed by atoms with Gasteiger partial charge in [-0.1, -0.05) is 25.5 Å². The Morgan fingerprint density at radius 1 is 1.32 bits per heavy atom. The van der Waals surface area contributed by atoms with Gasteiger partial charge in [-0.25, -0.2) is 9.97 Å². The van der Waals surface area contributed by atoms with Crippen LogP contribution in [0.4, 0.5) is 5.69 Å². The van der Waals surface area contributed by atoms with Crippen molar-refractivity contribution in [2.24, 2.45) is 0 Å². The van der Waals surface area contributed by atoms with Gasteiger partial charge >= 0.3 is 0 Å². The van der Waals surface area contributed by atoms with Crippen molar-refractivity contribution in [1.29, 1.82) is 0 Å². The maximum absolute atomic E-state index is 13.2. The molecule has 1 saturated carbocycles. The number of para-hydroxylation sites is 2. The fraction of sp³-hybridized carbons (Fsp3) is 0.458. The molecule has 2 atom stereocenters. The third-order valence-corrected chi connectivity index (χ3v) is 6.30. The predicted molar refractivity (Wildman–Crippen MR) is 118 cm³/mol. The minimum atomic E-state index is -0.518. The number of hydrogen-bond acceptors (Lipinski definition) is 6. The number of carbonyl (C=O) groups excluding carboxylic acids is 1. The largest absolute Gasteiger partial charge is 0.489 e. The van der Waals surface area contributed by atoms with Crippen LogP contribution >= 0.6 is 0 Å². The van der Waals surface area contributed by atoms with E-state index in [-0.39, 0.29) is 18.1 Å². The van der Waals surface area contributed by atoms with E-state index in [1.807, 2.05) is 30.5 Å². The van der Waals surface area contributed by atoms with E-state index in [1.165, 1.54) is 5.57 Å². The topological polar surface area (TPSA) is 76.6 Å². The number of nitrogens with zero attached hydrogens (tertiary/aromatic N) is 3. The van der Waals surface area contributed by atoms with Crippen LogP contribution in [0.25, 0.3) is 5.70 Å². The Morgan fingerprint density at radius 2 is 2.13 bits per heavy atom. The van der Waals surface area contributed by atoms with Crippen molar-refractivity contribution in [3.63, 3.8) is 0 Å². The first kappa shape index (κ1) is 20.0. The summed E-state index contributed by atoms with van der Waals surface area (Å²) in [5.41, 5.74) is 4.50. The van der Waals surface area contributed by atoms with Gasteiger partial charge in [0, 0.05) is 18.8 Å². The number of benzene rings is 1. The highest BCUT2D eigenvalue weighted by Crippen LogP contribution is 2.40. The number of rotatable bonds is 5. The summed E-state index contributed by atoms with van der Waals surface area (Å²) in [7, 11) is 1.79. The van der Waals surface area contributed by atoms with Gasteiger partial charge in [0.15, 0.2) is 5.82 Å².